The topological polar surface area (TPSA) is 34.1 Å². The van der Waals surface area contributed by atoms with E-state index in [9.17, 15) is 9.59 Å². The quantitative estimate of drug-likeness (QED) is 0.394. The number of alkyl halides is 2. The van der Waals surface area contributed by atoms with E-state index in [0.717, 1.165) is 0 Å². The van der Waals surface area contributed by atoms with Gasteiger partial charge in [-0.2, -0.15) is 0 Å². The molecule has 4 heteroatoms. The summed E-state index contributed by atoms with van der Waals surface area (Å²) in [6.07, 6.45) is 0.279. The molecule has 0 aromatic carbocycles. The molecule has 2 unspecified atom stereocenters. The lowest BCUT2D eigenvalue weighted by atomic mass is 10.3. The van der Waals surface area contributed by atoms with Crippen LogP contribution in [0.15, 0.2) is 0 Å². The van der Waals surface area contributed by atoms with E-state index in [1.54, 1.807) is 0 Å². The molecule has 0 saturated heterocycles. The van der Waals surface area contributed by atoms with Crippen LogP contribution in [-0.2, 0) is 9.59 Å². The van der Waals surface area contributed by atoms with E-state index in [0.29, 0.717) is 0 Å². The molecule has 1 saturated carbocycles. The third kappa shape index (κ3) is 1.10. The highest BCUT2D eigenvalue weighted by Crippen LogP contribution is 2.21. The van der Waals surface area contributed by atoms with E-state index in [-0.39, 0.29) is 6.42 Å². The lowest BCUT2D eigenvalue weighted by Gasteiger charge is -1.88. The summed E-state index contributed by atoms with van der Waals surface area (Å²) in [5.74, 6) is -1.09. The third-order valence-corrected chi connectivity index (χ3v) is 1.98. The first kappa shape index (κ1) is 7.03. The van der Waals surface area contributed by atoms with Gasteiger partial charge in [0, 0.05) is 0 Å². The minimum absolute atomic E-state index is 0.279. The Balaban J connectivity index is 2.77. The molecule has 0 aromatic rings. The summed E-state index contributed by atoms with van der Waals surface area (Å²) in [4.78, 5) is 21.1. The predicted octanol–water partition coefficient (Wildman–Crippen LogP) is 0.743. The summed E-state index contributed by atoms with van der Waals surface area (Å²) in [6, 6.07) is 0. The first-order chi connectivity index (χ1) is 4.13. The van der Waals surface area contributed by atoms with Crippen LogP contribution in [-0.4, -0.2) is 22.3 Å². The maximum atomic E-state index is 10.5. The number of carbonyl (C=O) groups is 2. The molecule has 9 heavy (non-hydrogen) atoms. The molecular formula is C5H4Cl2O2. The van der Waals surface area contributed by atoms with Crippen LogP contribution in [0.1, 0.15) is 6.42 Å². The molecule has 0 radical (unpaired) electrons. The predicted molar refractivity (Wildman–Crippen MR) is 33.9 cm³/mol. The lowest BCUT2D eigenvalue weighted by Crippen LogP contribution is -2.15. The molecule has 1 aliphatic carbocycles. The molecule has 50 valence electrons. The standard InChI is InChI=1S/C5H4Cl2O2/c6-2-1-3(7)5(9)4(2)8/h2-3H,1H2. The van der Waals surface area contributed by atoms with Gasteiger partial charge in [-0.05, 0) is 6.42 Å². The minimum atomic E-state index is -0.681. The van der Waals surface area contributed by atoms with E-state index in [2.05, 4.69) is 0 Å². The van der Waals surface area contributed by atoms with E-state index in [1.807, 2.05) is 0 Å². The van der Waals surface area contributed by atoms with Crippen LogP contribution in [0.4, 0.5) is 0 Å². The van der Waals surface area contributed by atoms with Crippen LogP contribution in [0.2, 0.25) is 0 Å². The van der Waals surface area contributed by atoms with Gasteiger partial charge in [-0.25, -0.2) is 0 Å². The van der Waals surface area contributed by atoms with Crippen molar-refractivity contribution in [1.82, 2.24) is 0 Å². The van der Waals surface area contributed by atoms with Crippen LogP contribution < -0.4 is 0 Å². The van der Waals surface area contributed by atoms with Crippen molar-refractivity contribution in [3.05, 3.63) is 0 Å². The van der Waals surface area contributed by atoms with Gasteiger partial charge in [0.05, 0.1) is 0 Å². The van der Waals surface area contributed by atoms with E-state index >= 15 is 0 Å². The molecule has 0 bridgehead atoms. The van der Waals surface area contributed by atoms with Crippen LogP contribution in [0.3, 0.4) is 0 Å². The highest BCUT2D eigenvalue weighted by molar-refractivity contribution is 6.59. The first-order valence-electron chi connectivity index (χ1n) is 2.49. The number of carbonyl (C=O) groups excluding carboxylic acids is 2. The van der Waals surface area contributed by atoms with E-state index in [1.165, 1.54) is 0 Å². The zero-order chi connectivity index (χ0) is 7.02. The van der Waals surface area contributed by atoms with Crippen molar-refractivity contribution in [2.24, 2.45) is 0 Å². The van der Waals surface area contributed by atoms with Gasteiger partial charge in [0.25, 0.3) is 0 Å². The largest absolute Gasteiger partial charge is 0.289 e. The van der Waals surface area contributed by atoms with Crippen molar-refractivity contribution in [2.45, 2.75) is 17.2 Å². The lowest BCUT2D eigenvalue weighted by molar-refractivity contribution is -0.133. The van der Waals surface area contributed by atoms with Gasteiger partial charge in [0.2, 0.25) is 11.6 Å². The number of Topliss-reactive ketones (excluding diaryl/α,β-unsaturated/α-hetero) is 2. The second-order valence-corrected chi connectivity index (χ2v) is 2.95. The number of hydrogen-bond donors (Lipinski definition) is 0. The summed E-state index contributed by atoms with van der Waals surface area (Å²) in [7, 11) is 0. The number of hydrogen-bond acceptors (Lipinski definition) is 2. The average Bonchev–Trinajstić information content (AvgIpc) is 1.98. The maximum Gasteiger partial charge on any atom is 0.217 e. The summed E-state index contributed by atoms with van der Waals surface area (Å²) in [6.45, 7) is 0. The van der Waals surface area contributed by atoms with Crippen molar-refractivity contribution in [3.63, 3.8) is 0 Å². The molecule has 1 fully saturated rings. The molecular weight excluding hydrogens is 163 g/mol. The van der Waals surface area contributed by atoms with Gasteiger partial charge in [0.1, 0.15) is 10.8 Å². The minimum Gasteiger partial charge on any atom is -0.289 e. The number of halogens is 2. The zero-order valence-corrected chi connectivity index (χ0v) is 5.95. The Morgan fingerprint density at radius 1 is 1.11 bits per heavy atom. The molecule has 2 nitrogen and oxygen atoms in total. The van der Waals surface area contributed by atoms with Gasteiger partial charge in [0.15, 0.2) is 0 Å². The fourth-order valence-corrected chi connectivity index (χ4v) is 1.37. The number of rotatable bonds is 0. The van der Waals surface area contributed by atoms with E-state index < -0.39 is 22.3 Å². The normalized spacial score (nSPS) is 35.8. The molecule has 0 amide bonds. The van der Waals surface area contributed by atoms with Gasteiger partial charge in [-0.1, -0.05) is 0 Å². The molecule has 0 aliphatic heterocycles. The fourth-order valence-electron chi connectivity index (χ4n) is 0.704. The molecule has 0 spiro atoms. The summed E-state index contributed by atoms with van der Waals surface area (Å²) in [5, 5.41) is -1.36. The zero-order valence-electron chi connectivity index (χ0n) is 4.43. The number of ketones is 2. The molecule has 0 aromatic heterocycles. The highest BCUT2D eigenvalue weighted by Gasteiger charge is 2.38. The van der Waals surface area contributed by atoms with Gasteiger partial charge < -0.3 is 0 Å². The Bertz CT molecular complexity index is 148. The Kier molecular flexibility index (Phi) is 1.78. The molecule has 0 N–H and O–H groups in total. The SMILES string of the molecule is O=C1C(=O)C(Cl)CC1Cl. The van der Waals surface area contributed by atoms with Gasteiger partial charge in [-0.15, -0.1) is 23.2 Å². The fraction of sp³-hybridized carbons (Fsp3) is 0.600. The van der Waals surface area contributed by atoms with Crippen molar-refractivity contribution >= 4 is 34.8 Å². The maximum absolute atomic E-state index is 10.5. The van der Waals surface area contributed by atoms with Crippen molar-refractivity contribution in [1.29, 1.82) is 0 Å². The van der Waals surface area contributed by atoms with Crippen LogP contribution in [0.5, 0.6) is 0 Å². The van der Waals surface area contributed by atoms with Crippen LogP contribution in [0, 0.1) is 0 Å². The smallest absolute Gasteiger partial charge is 0.217 e. The Labute approximate surface area is 62.1 Å². The van der Waals surface area contributed by atoms with Crippen molar-refractivity contribution < 1.29 is 9.59 Å². The monoisotopic (exact) mass is 166 g/mol. The van der Waals surface area contributed by atoms with E-state index in [4.69, 9.17) is 23.2 Å². The Morgan fingerprint density at radius 3 is 1.56 bits per heavy atom. The molecule has 0 heterocycles. The molecule has 1 aliphatic rings. The van der Waals surface area contributed by atoms with Crippen molar-refractivity contribution in [2.75, 3.05) is 0 Å². The molecule has 2 atom stereocenters. The van der Waals surface area contributed by atoms with Crippen LogP contribution in [0.25, 0.3) is 0 Å². The van der Waals surface area contributed by atoms with Crippen molar-refractivity contribution in [3.8, 4) is 0 Å². The summed E-state index contributed by atoms with van der Waals surface area (Å²) in [5.41, 5.74) is 0. The third-order valence-electron chi connectivity index (χ3n) is 1.23. The first-order valence-corrected chi connectivity index (χ1v) is 3.36. The molecule has 1 rings (SSSR count). The second-order valence-electron chi connectivity index (χ2n) is 1.90. The summed E-state index contributed by atoms with van der Waals surface area (Å²) < 4.78 is 0. The van der Waals surface area contributed by atoms with Gasteiger partial charge in [-0.3, -0.25) is 9.59 Å². The Morgan fingerprint density at radius 2 is 1.44 bits per heavy atom. The van der Waals surface area contributed by atoms with Gasteiger partial charge >= 0.3 is 0 Å². The Hall–Kier alpha value is -0.0800. The summed E-state index contributed by atoms with van der Waals surface area (Å²) >= 11 is 10.8. The second kappa shape index (κ2) is 2.27. The average molecular weight is 167 g/mol. The van der Waals surface area contributed by atoms with Crippen LogP contribution >= 0.6 is 23.2 Å². The highest BCUT2D eigenvalue weighted by atomic mass is 35.5.